The molecule has 0 bridgehead atoms. The Morgan fingerprint density at radius 2 is 1.69 bits per heavy atom. The second-order valence-corrected chi connectivity index (χ2v) is 4.40. The fourth-order valence-corrected chi connectivity index (χ4v) is 1.56. The first kappa shape index (κ1) is 15.7. The molecule has 0 amide bonds. The molecule has 0 aliphatic heterocycles. The van der Waals surface area contributed by atoms with E-state index in [1.54, 1.807) is 6.92 Å². The average Bonchev–Trinajstić information content (AvgIpc) is 2.17. The minimum absolute atomic E-state index is 0. The van der Waals surface area contributed by atoms with E-state index in [1.807, 2.05) is 24.3 Å². The molecule has 0 heterocycles. The van der Waals surface area contributed by atoms with Gasteiger partial charge in [-0.15, -0.1) is 0 Å². The van der Waals surface area contributed by atoms with Gasteiger partial charge >= 0.3 is 35.5 Å². The molecule has 1 atom stereocenters. The van der Waals surface area contributed by atoms with Crippen LogP contribution in [-0.2, 0) is 11.2 Å². The number of carboxylic acid groups (broad SMARTS) is 1. The number of hydrogen-bond acceptors (Lipinski definition) is 1. The quantitative estimate of drug-likeness (QED) is 0.806. The van der Waals surface area contributed by atoms with Gasteiger partial charge in [0.1, 0.15) is 0 Å². The first-order valence-corrected chi connectivity index (χ1v) is 5.32. The topological polar surface area (TPSA) is 37.3 Å². The Morgan fingerprint density at radius 1 is 1.19 bits per heavy atom. The van der Waals surface area contributed by atoms with Crippen molar-refractivity contribution < 1.29 is 9.90 Å². The molecule has 1 aromatic carbocycles. The van der Waals surface area contributed by atoms with Crippen LogP contribution in [-0.4, -0.2) is 40.6 Å². The van der Waals surface area contributed by atoms with Crippen molar-refractivity contribution in [2.75, 3.05) is 0 Å². The molecule has 0 aliphatic rings. The first-order chi connectivity index (χ1) is 7.00. The molecule has 3 heteroatoms. The summed E-state index contributed by atoms with van der Waals surface area (Å²) in [5.74, 6) is -0.558. The van der Waals surface area contributed by atoms with Crippen molar-refractivity contribution in [2.45, 2.75) is 33.1 Å². The number of benzene rings is 1. The molecule has 1 unspecified atom stereocenters. The van der Waals surface area contributed by atoms with Gasteiger partial charge in [0.2, 0.25) is 0 Å². The van der Waals surface area contributed by atoms with Crippen molar-refractivity contribution in [3.05, 3.63) is 35.4 Å². The van der Waals surface area contributed by atoms with Crippen LogP contribution in [0.1, 0.15) is 37.8 Å². The average molecular weight is 230 g/mol. The van der Waals surface area contributed by atoms with E-state index in [0.29, 0.717) is 5.92 Å². The van der Waals surface area contributed by atoms with E-state index in [1.165, 1.54) is 5.56 Å². The molecule has 0 aliphatic carbocycles. The van der Waals surface area contributed by atoms with Crippen molar-refractivity contribution in [1.29, 1.82) is 0 Å². The Morgan fingerprint density at radius 3 is 2.06 bits per heavy atom. The fraction of sp³-hybridized carbons (Fsp3) is 0.462. The van der Waals surface area contributed by atoms with E-state index in [4.69, 9.17) is 5.11 Å². The minimum atomic E-state index is -0.772. The molecule has 1 rings (SSSR count). The predicted octanol–water partition coefficient (Wildman–Crippen LogP) is 2.42. The molecule has 0 saturated carbocycles. The van der Waals surface area contributed by atoms with Crippen LogP contribution in [0.2, 0.25) is 0 Å². The third-order valence-electron chi connectivity index (χ3n) is 2.49. The Bertz CT molecular complexity index is 330. The third kappa shape index (κ3) is 4.69. The summed E-state index contributed by atoms with van der Waals surface area (Å²) in [4.78, 5) is 10.8. The zero-order valence-corrected chi connectivity index (χ0v) is 9.53. The van der Waals surface area contributed by atoms with Gasteiger partial charge in [-0.25, -0.2) is 0 Å². The zero-order chi connectivity index (χ0) is 11.4. The van der Waals surface area contributed by atoms with Crippen molar-refractivity contribution in [1.82, 2.24) is 0 Å². The van der Waals surface area contributed by atoms with Gasteiger partial charge in [0.15, 0.2) is 0 Å². The third-order valence-corrected chi connectivity index (χ3v) is 2.49. The van der Waals surface area contributed by atoms with Crippen molar-refractivity contribution in [3.8, 4) is 0 Å². The molecular formula is C13H19NaO2. The number of carbonyl (C=O) groups is 1. The van der Waals surface area contributed by atoms with E-state index < -0.39 is 11.9 Å². The van der Waals surface area contributed by atoms with Crippen molar-refractivity contribution in [3.63, 3.8) is 0 Å². The zero-order valence-electron chi connectivity index (χ0n) is 9.53. The van der Waals surface area contributed by atoms with Gasteiger partial charge in [-0.2, -0.15) is 0 Å². The van der Waals surface area contributed by atoms with Gasteiger partial charge in [-0.05, 0) is 30.4 Å². The van der Waals surface area contributed by atoms with E-state index in [0.717, 1.165) is 12.0 Å². The van der Waals surface area contributed by atoms with Crippen LogP contribution in [0.3, 0.4) is 0 Å². The molecule has 2 nitrogen and oxygen atoms in total. The van der Waals surface area contributed by atoms with Gasteiger partial charge < -0.3 is 5.11 Å². The van der Waals surface area contributed by atoms with E-state index in [-0.39, 0.29) is 29.6 Å². The summed E-state index contributed by atoms with van der Waals surface area (Å²) in [7, 11) is 0. The molecular weight excluding hydrogens is 211 g/mol. The van der Waals surface area contributed by atoms with Gasteiger partial charge in [-0.3, -0.25) is 4.79 Å². The molecule has 1 N–H and O–H groups in total. The van der Waals surface area contributed by atoms with Gasteiger partial charge in [0.25, 0.3) is 0 Å². The summed E-state index contributed by atoms with van der Waals surface area (Å²) in [6, 6.07) is 7.87. The standard InChI is InChI=1S/C13H18O2.Na.H/c1-9(2)8-11-4-6-12(7-5-11)10(3)13(14)15;;/h4-7,9-10H,8H2,1-3H3,(H,14,15);;. The summed E-state index contributed by atoms with van der Waals surface area (Å²) in [6.45, 7) is 6.06. The van der Waals surface area contributed by atoms with Crippen LogP contribution in [0, 0.1) is 5.92 Å². The van der Waals surface area contributed by atoms with Crippen LogP contribution in [0.5, 0.6) is 0 Å². The van der Waals surface area contributed by atoms with E-state index >= 15 is 0 Å². The molecule has 1 aromatic rings. The normalized spacial score (nSPS) is 12.0. The summed E-state index contributed by atoms with van der Waals surface area (Å²) >= 11 is 0. The first-order valence-electron chi connectivity index (χ1n) is 5.32. The maximum absolute atomic E-state index is 10.8. The Labute approximate surface area is 119 Å². The number of carboxylic acids is 1. The second kappa shape index (κ2) is 7.10. The summed E-state index contributed by atoms with van der Waals surface area (Å²) in [5.41, 5.74) is 2.14. The summed E-state index contributed by atoms with van der Waals surface area (Å²) < 4.78 is 0. The van der Waals surface area contributed by atoms with Gasteiger partial charge in [0, 0.05) is 0 Å². The molecule has 0 aromatic heterocycles. The van der Waals surface area contributed by atoms with Gasteiger partial charge in [-0.1, -0.05) is 38.1 Å². The van der Waals surface area contributed by atoms with Crippen LogP contribution >= 0.6 is 0 Å². The molecule has 84 valence electrons. The van der Waals surface area contributed by atoms with Crippen LogP contribution in [0.15, 0.2) is 24.3 Å². The summed E-state index contributed by atoms with van der Waals surface area (Å²) in [5, 5.41) is 8.85. The van der Waals surface area contributed by atoms with E-state index in [9.17, 15) is 4.79 Å². The summed E-state index contributed by atoms with van der Waals surface area (Å²) in [6.07, 6.45) is 1.04. The molecule has 0 saturated heterocycles. The SMILES string of the molecule is CC(C)Cc1ccc(C(C)C(=O)O)cc1.[NaH]. The number of hydrogen-bond donors (Lipinski definition) is 1. The Balaban J connectivity index is 0.00000225. The fourth-order valence-electron chi connectivity index (χ4n) is 1.56. The Hall–Kier alpha value is -0.310. The molecule has 0 radical (unpaired) electrons. The van der Waals surface area contributed by atoms with Crippen LogP contribution < -0.4 is 0 Å². The number of rotatable bonds is 4. The Kier molecular flexibility index (Phi) is 6.96. The maximum atomic E-state index is 10.8. The van der Waals surface area contributed by atoms with Crippen LogP contribution in [0.25, 0.3) is 0 Å². The van der Waals surface area contributed by atoms with Crippen LogP contribution in [0.4, 0.5) is 0 Å². The molecule has 0 fully saturated rings. The molecule has 16 heavy (non-hydrogen) atoms. The number of aliphatic carboxylic acids is 1. The predicted molar refractivity (Wildman–Crippen MR) is 68.2 cm³/mol. The van der Waals surface area contributed by atoms with E-state index in [2.05, 4.69) is 13.8 Å². The monoisotopic (exact) mass is 230 g/mol. The van der Waals surface area contributed by atoms with Crippen molar-refractivity contribution in [2.24, 2.45) is 5.92 Å². The van der Waals surface area contributed by atoms with Gasteiger partial charge in [0.05, 0.1) is 5.92 Å². The van der Waals surface area contributed by atoms with Crippen molar-refractivity contribution >= 4 is 35.5 Å². The molecule has 0 spiro atoms. The second-order valence-electron chi connectivity index (χ2n) is 4.40.